The molecule has 1 aliphatic heterocycles. The maximum absolute atomic E-state index is 13.1. The number of aliphatic hydroxyl groups is 1. The normalized spacial score (nSPS) is 17.6. The van der Waals surface area contributed by atoms with Crippen LogP contribution < -0.4 is 9.47 Å². The van der Waals surface area contributed by atoms with Gasteiger partial charge in [-0.15, -0.1) is 0 Å². The average Bonchev–Trinajstić information content (AvgIpc) is 3.06. The highest BCUT2D eigenvalue weighted by Gasteiger charge is 2.46. The lowest BCUT2D eigenvalue weighted by Gasteiger charge is -2.25. The van der Waals surface area contributed by atoms with E-state index in [2.05, 4.69) is 0 Å². The van der Waals surface area contributed by atoms with Gasteiger partial charge in [0.2, 0.25) is 0 Å². The van der Waals surface area contributed by atoms with E-state index in [0.717, 1.165) is 0 Å². The molecule has 0 bridgehead atoms. The number of nitrogens with zero attached hydrogens (tertiary/aromatic N) is 1. The van der Waals surface area contributed by atoms with Crippen molar-refractivity contribution in [2.45, 2.75) is 32.4 Å². The molecule has 1 N–H and O–H groups in total. The Labute approximate surface area is 198 Å². The maximum Gasteiger partial charge on any atom is 0.295 e. The summed E-state index contributed by atoms with van der Waals surface area (Å²) in [5, 5.41) is 11.6. The quantitative estimate of drug-likeness (QED) is 0.248. The van der Waals surface area contributed by atoms with Crippen LogP contribution in [0.15, 0.2) is 48.0 Å². The standard InChI is InChI=1S/C25H28ClNO6/c1-15(2)33-12-8-11-27-22(16-9-6-5-7-10-16)21(24(29)25(27)30)23(28)17-13-20(32-4)18(26)14-19(17)31-3/h5-7,9-10,13-15,22,28H,8,11-12H2,1-4H3/b23-21+. The summed E-state index contributed by atoms with van der Waals surface area (Å²) in [6.45, 7) is 4.62. The molecule has 1 heterocycles. The zero-order valence-corrected chi connectivity index (χ0v) is 19.9. The molecule has 2 aromatic carbocycles. The summed E-state index contributed by atoms with van der Waals surface area (Å²) < 4.78 is 16.2. The minimum atomic E-state index is -0.762. The monoisotopic (exact) mass is 473 g/mol. The molecule has 1 amide bonds. The molecule has 0 spiro atoms. The van der Waals surface area contributed by atoms with E-state index in [-0.39, 0.29) is 33.8 Å². The van der Waals surface area contributed by atoms with Crippen LogP contribution in [-0.4, -0.2) is 55.2 Å². The summed E-state index contributed by atoms with van der Waals surface area (Å²) >= 11 is 6.19. The van der Waals surface area contributed by atoms with Gasteiger partial charge in [0, 0.05) is 19.2 Å². The van der Waals surface area contributed by atoms with Crippen LogP contribution in [0.25, 0.3) is 5.76 Å². The number of likely N-dealkylation sites (tertiary alicyclic amines) is 1. The third-order valence-corrected chi connectivity index (χ3v) is 5.67. The van der Waals surface area contributed by atoms with Crippen LogP contribution in [0.2, 0.25) is 5.02 Å². The van der Waals surface area contributed by atoms with E-state index in [1.807, 2.05) is 44.2 Å². The molecule has 0 radical (unpaired) electrons. The number of methoxy groups -OCH3 is 2. The van der Waals surface area contributed by atoms with Crippen molar-refractivity contribution in [3.05, 3.63) is 64.2 Å². The number of amides is 1. The molecule has 1 fully saturated rings. The van der Waals surface area contributed by atoms with Gasteiger partial charge in [0.1, 0.15) is 17.3 Å². The first-order chi connectivity index (χ1) is 15.8. The Morgan fingerprint density at radius 3 is 2.36 bits per heavy atom. The van der Waals surface area contributed by atoms with Gasteiger partial charge in [-0.2, -0.15) is 0 Å². The van der Waals surface area contributed by atoms with Gasteiger partial charge in [-0.1, -0.05) is 41.9 Å². The lowest BCUT2D eigenvalue weighted by molar-refractivity contribution is -0.140. The van der Waals surface area contributed by atoms with Crippen LogP contribution in [0.4, 0.5) is 0 Å². The molecule has 7 nitrogen and oxygen atoms in total. The van der Waals surface area contributed by atoms with Crippen LogP contribution in [0.3, 0.4) is 0 Å². The van der Waals surface area contributed by atoms with E-state index in [9.17, 15) is 14.7 Å². The highest BCUT2D eigenvalue weighted by molar-refractivity contribution is 6.46. The van der Waals surface area contributed by atoms with E-state index in [1.165, 1.54) is 31.3 Å². The van der Waals surface area contributed by atoms with Crippen molar-refractivity contribution < 1.29 is 28.9 Å². The number of ketones is 1. The fraction of sp³-hybridized carbons (Fsp3) is 0.360. The first-order valence-corrected chi connectivity index (χ1v) is 11.0. The topological polar surface area (TPSA) is 85.3 Å². The second-order valence-corrected chi connectivity index (χ2v) is 8.27. The van der Waals surface area contributed by atoms with Gasteiger partial charge in [0.15, 0.2) is 0 Å². The van der Waals surface area contributed by atoms with Crippen LogP contribution in [0, 0.1) is 0 Å². The van der Waals surface area contributed by atoms with Gasteiger partial charge in [0.05, 0.1) is 42.5 Å². The summed E-state index contributed by atoms with van der Waals surface area (Å²) in [5.74, 6) is -1.23. The fourth-order valence-electron chi connectivity index (χ4n) is 3.84. The summed E-state index contributed by atoms with van der Waals surface area (Å²) in [7, 11) is 2.87. The molecule has 1 unspecified atom stereocenters. The number of hydrogen-bond acceptors (Lipinski definition) is 6. The number of ether oxygens (including phenoxy) is 3. The average molecular weight is 474 g/mol. The molecule has 1 atom stereocenters. The molecule has 3 rings (SSSR count). The zero-order valence-electron chi connectivity index (χ0n) is 19.1. The Hall–Kier alpha value is -3.03. The van der Waals surface area contributed by atoms with Crippen molar-refractivity contribution in [3.8, 4) is 11.5 Å². The van der Waals surface area contributed by atoms with Crippen molar-refractivity contribution in [1.29, 1.82) is 0 Å². The van der Waals surface area contributed by atoms with E-state index in [1.54, 1.807) is 0 Å². The highest BCUT2D eigenvalue weighted by Crippen LogP contribution is 2.43. The number of carbonyl (C=O) groups is 2. The van der Waals surface area contributed by atoms with Crippen molar-refractivity contribution >= 4 is 29.1 Å². The Morgan fingerprint density at radius 1 is 1.09 bits per heavy atom. The molecular weight excluding hydrogens is 446 g/mol. The Balaban J connectivity index is 2.11. The molecule has 8 heteroatoms. The minimum Gasteiger partial charge on any atom is -0.507 e. The molecular formula is C25H28ClNO6. The Kier molecular flexibility index (Phi) is 8.00. The van der Waals surface area contributed by atoms with E-state index in [0.29, 0.717) is 30.9 Å². The lowest BCUT2D eigenvalue weighted by Crippen LogP contribution is -2.31. The van der Waals surface area contributed by atoms with Crippen LogP contribution >= 0.6 is 11.6 Å². The number of benzene rings is 2. The fourth-order valence-corrected chi connectivity index (χ4v) is 4.07. The Morgan fingerprint density at radius 2 is 1.76 bits per heavy atom. The smallest absolute Gasteiger partial charge is 0.295 e. The summed E-state index contributed by atoms with van der Waals surface area (Å²) in [6, 6.07) is 11.4. The van der Waals surface area contributed by atoms with Crippen molar-refractivity contribution in [2.75, 3.05) is 27.4 Å². The maximum atomic E-state index is 13.1. The first kappa shape index (κ1) is 24.6. The Bertz CT molecular complexity index is 1050. The summed E-state index contributed by atoms with van der Waals surface area (Å²) in [5.41, 5.74) is 0.905. The van der Waals surface area contributed by atoms with Crippen LogP contribution in [-0.2, 0) is 14.3 Å². The lowest BCUT2D eigenvalue weighted by atomic mass is 9.95. The number of carbonyl (C=O) groups excluding carboxylic acids is 2. The SMILES string of the molecule is COc1cc(/C(O)=C2\C(=O)C(=O)N(CCCOC(C)C)C2c2ccccc2)c(OC)cc1Cl. The summed E-state index contributed by atoms with van der Waals surface area (Å²) in [4.78, 5) is 27.6. The van der Waals surface area contributed by atoms with Gasteiger partial charge < -0.3 is 24.2 Å². The van der Waals surface area contributed by atoms with E-state index in [4.69, 9.17) is 25.8 Å². The molecule has 176 valence electrons. The first-order valence-electron chi connectivity index (χ1n) is 10.7. The largest absolute Gasteiger partial charge is 0.507 e. The third kappa shape index (κ3) is 5.15. The minimum absolute atomic E-state index is 0.0151. The van der Waals surface area contributed by atoms with Crippen LogP contribution in [0.5, 0.6) is 11.5 Å². The van der Waals surface area contributed by atoms with Crippen LogP contribution in [0.1, 0.15) is 37.4 Å². The predicted octanol–water partition coefficient (Wildman–Crippen LogP) is 4.59. The van der Waals surface area contributed by atoms with Gasteiger partial charge >= 0.3 is 0 Å². The predicted molar refractivity (Wildman–Crippen MR) is 126 cm³/mol. The number of hydrogen-bond donors (Lipinski definition) is 1. The van der Waals surface area contributed by atoms with Gasteiger partial charge in [0.25, 0.3) is 11.7 Å². The molecule has 0 aromatic heterocycles. The van der Waals surface area contributed by atoms with Crippen molar-refractivity contribution in [2.24, 2.45) is 0 Å². The van der Waals surface area contributed by atoms with Gasteiger partial charge in [-0.25, -0.2) is 0 Å². The molecule has 33 heavy (non-hydrogen) atoms. The zero-order chi connectivity index (χ0) is 24.1. The highest BCUT2D eigenvalue weighted by atomic mass is 35.5. The number of Topliss-reactive ketones (excluding diaryl/α,β-unsaturated/α-hetero) is 1. The number of rotatable bonds is 9. The van der Waals surface area contributed by atoms with E-state index < -0.39 is 17.7 Å². The third-order valence-electron chi connectivity index (χ3n) is 5.38. The molecule has 2 aromatic rings. The molecule has 1 saturated heterocycles. The number of aliphatic hydroxyl groups excluding tert-OH is 1. The molecule has 0 saturated carbocycles. The number of halogens is 1. The molecule has 1 aliphatic rings. The second-order valence-electron chi connectivity index (χ2n) is 7.86. The van der Waals surface area contributed by atoms with Crippen molar-refractivity contribution in [1.82, 2.24) is 4.90 Å². The molecule has 0 aliphatic carbocycles. The summed E-state index contributed by atoms with van der Waals surface area (Å²) in [6.07, 6.45) is 0.616. The van der Waals surface area contributed by atoms with Gasteiger partial charge in [-0.05, 0) is 31.9 Å². The second kappa shape index (κ2) is 10.7. The van der Waals surface area contributed by atoms with Gasteiger partial charge in [-0.3, -0.25) is 9.59 Å². The van der Waals surface area contributed by atoms with Crippen molar-refractivity contribution in [3.63, 3.8) is 0 Å². The van der Waals surface area contributed by atoms with E-state index >= 15 is 0 Å².